The van der Waals surface area contributed by atoms with Gasteiger partial charge in [-0.1, -0.05) is 46.5 Å². The van der Waals surface area contributed by atoms with E-state index in [1.54, 1.807) is 0 Å². The Labute approximate surface area is 108 Å². The van der Waals surface area contributed by atoms with Crippen molar-refractivity contribution in [1.29, 1.82) is 0 Å². The highest BCUT2D eigenvalue weighted by Gasteiger charge is 2.47. The normalized spacial score (nSPS) is 43.1. The fourth-order valence-electron chi connectivity index (χ4n) is 3.92. The predicted molar refractivity (Wildman–Crippen MR) is 74.9 cm³/mol. The van der Waals surface area contributed by atoms with Crippen LogP contribution in [0.25, 0.3) is 0 Å². The van der Waals surface area contributed by atoms with Gasteiger partial charge in [-0.2, -0.15) is 0 Å². The lowest BCUT2D eigenvalue weighted by molar-refractivity contribution is 0.175. The standard InChI is InChI=1S/C16H31N/c1-15(2)8-5-4-6-10-16(3,11-7-9-15)13-12-14(13)17/h13-14H,4-12,17H2,1-3H3/t13?,14?,16-/m0/s1. The molecule has 3 atom stereocenters. The maximum absolute atomic E-state index is 6.10. The molecule has 2 rings (SSSR count). The summed E-state index contributed by atoms with van der Waals surface area (Å²) in [6, 6.07) is 0.524. The first-order chi connectivity index (χ1) is 7.93. The Kier molecular flexibility index (Phi) is 3.87. The van der Waals surface area contributed by atoms with Crippen molar-refractivity contribution in [3.63, 3.8) is 0 Å². The molecule has 2 N–H and O–H groups in total. The van der Waals surface area contributed by atoms with Gasteiger partial charge in [0.15, 0.2) is 0 Å². The van der Waals surface area contributed by atoms with E-state index < -0.39 is 0 Å². The van der Waals surface area contributed by atoms with Gasteiger partial charge in [-0.3, -0.25) is 0 Å². The van der Waals surface area contributed by atoms with Crippen LogP contribution in [0.2, 0.25) is 0 Å². The lowest BCUT2D eigenvalue weighted by atomic mass is 9.71. The van der Waals surface area contributed by atoms with E-state index in [1.807, 2.05) is 0 Å². The van der Waals surface area contributed by atoms with Crippen LogP contribution in [0.4, 0.5) is 0 Å². The second kappa shape index (κ2) is 4.91. The van der Waals surface area contributed by atoms with Gasteiger partial charge in [0.1, 0.15) is 0 Å². The summed E-state index contributed by atoms with van der Waals surface area (Å²) >= 11 is 0. The van der Waals surface area contributed by atoms with Crippen molar-refractivity contribution in [2.24, 2.45) is 22.5 Å². The van der Waals surface area contributed by atoms with E-state index in [0.29, 0.717) is 16.9 Å². The third-order valence-electron chi connectivity index (χ3n) is 5.44. The topological polar surface area (TPSA) is 26.0 Å². The molecule has 0 spiro atoms. The first-order valence-corrected chi connectivity index (χ1v) is 7.69. The summed E-state index contributed by atoms with van der Waals surface area (Å²) in [5.41, 5.74) is 7.23. The van der Waals surface area contributed by atoms with Crippen LogP contribution in [-0.2, 0) is 0 Å². The van der Waals surface area contributed by atoms with Gasteiger partial charge < -0.3 is 5.73 Å². The zero-order valence-corrected chi connectivity index (χ0v) is 12.1. The second-order valence-corrected chi connectivity index (χ2v) is 7.74. The molecule has 1 heteroatoms. The van der Waals surface area contributed by atoms with E-state index in [9.17, 15) is 0 Å². The molecule has 2 aliphatic rings. The van der Waals surface area contributed by atoms with Crippen LogP contribution in [0.1, 0.15) is 78.6 Å². The molecule has 17 heavy (non-hydrogen) atoms. The van der Waals surface area contributed by atoms with Crippen LogP contribution in [-0.4, -0.2) is 6.04 Å². The Hall–Kier alpha value is -0.0400. The van der Waals surface area contributed by atoms with E-state index in [4.69, 9.17) is 5.73 Å². The Morgan fingerprint density at radius 2 is 1.35 bits per heavy atom. The van der Waals surface area contributed by atoms with E-state index in [1.165, 1.54) is 57.8 Å². The van der Waals surface area contributed by atoms with Crippen LogP contribution in [0, 0.1) is 16.7 Å². The molecule has 0 saturated heterocycles. The SMILES string of the molecule is CC1(C)CCCCC[C@](C)(C2CC2N)CCC1. The first kappa shape index (κ1) is 13.4. The monoisotopic (exact) mass is 237 g/mol. The summed E-state index contributed by atoms with van der Waals surface area (Å²) in [6.45, 7) is 7.42. The van der Waals surface area contributed by atoms with E-state index in [-0.39, 0.29) is 0 Å². The average molecular weight is 237 g/mol. The number of nitrogens with two attached hydrogens (primary N) is 1. The maximum atomic E-state index is 6.10. The molecule has 2 unspecified atom stereocenters. The summed E-state index contributed by atoms with van der Waals surface area (Å²) in [5, 5.41) is 0. The van der Waals surface area contributed by atoms with E-state index in [0.717, 1.165) is 5.92 Å². The van der Waals surface area contributed by atoms with Crippen LogP contribution < -0.4 is 5.73 Å². The molecule has 2 fully saturated rings. The number of hydrogen-bond donors (Lipinski definition) is 1. The minimum Gasteiger partial charge on any atom is -0.327 e. The molecule has 2 aliphatic carbocycles. The van der Waals surface area contributed by atoms with E-state index >= 15 is 0 Å². The molecule has 0 aromatic carbocycles. The molecule has 1 nitrogen and oxygen atoms in total. The number of hydrogen-bond acceptors (Lipinski definition) is 1. The fourth-order valence-corrected chi connectivity index (χ4v) is 3.92. The number of rotatable bonds is 1. The molecular weight excluding hydrogens is 206 g/mol. The molecule has 0 heterocycles. The minimum atomic E-state index is 0.524. The summed E-state index contributed by atoms with van der Waals surface area (Å²) in [4.78, 5) is 0. The van der Waals surface area contributed by atoms with Gasteiger partial charge in [-0.15, -0.1) is 0 Å². The first-order valence-electron chi connectivity index (χ1n) is 7.69. The predicted octanol–water partition coefficient (Wildman–Crippen LogP) is 4.50. The third-order valence-corrected chi connectivity index (χ3v) is 5.44. The second-order valence-electron chi connectivity index (χ2n) is 7.74. The average Bonchev–Trinajstić information content (AvgIpc) is 2.95. The van der Waals surface area contributed by atoms with Gasteiger partial charge in [0.05, 0.1) is 0 Å². The molecule has 0 aromatic heterocycles. The smallest absolute Gasteiger partial charge is 0.00763 e. The van der Waals surface area contributed by atoms with Crippen LogP contribution in [0.3, 0.4) is 0 Å². The Bertz CT molecular complexity index is 258. The molecule has 0 radical (unpaired) electrons. The van der Waals surface area contributed by atoms with Crippen molar-refractivity contribution < 1.29 is 0 Å². The van der Waals surface area contributed by atoms with Crippen molar-refractivity contribution in [2.45, 2.75) is 84.6 Å². The van der Waals surface area contributed by atoms with Gasteiger partial charge in [-0.25, -0.2) is 0 Å². The lowest BCUT2D eigenvalue weighted by Crippen LogP contribution is -2.25. The zero-order valence-electron chi connectivity index (χ0n) is 12.1. The molecule has 0 amide bonds. The Morgan fingerprint density at radius 3 is 2.00 bits per heavy atom. The largest absolute Gasteiger partial charge is 0.327 e. The molecule has 100 valence electrons. The molecule has 0 bridgehead atoms. The third kappa shape index (κ3) is 3.47. The highest BCUT2D eigenvalue weighted by atomic mass is 14.8. The van der Waals surface area contributed by atoms with Gasteiger partial charge in [-0.05, 0) is 48.9 Å². The van der Waals surface area contributed by atoms with Crippen molar-refractivity contribution >= 4 is 0 Å². The van der Waals surface area contributed by atoms with Crippen molar-refractivity contribution in [3.05, 3.63) is 0 Å². The highest BCUT2D eigenvalue weighted by Crippen LogP contribution is 2.51. The van der Waals surface area contributed by atoms with Crippen LogP contribution >= 0.6 is 0 Å². The van der Waals surface area contributed by atoms with Crippen LogP contribution in [0.5, 0.6) is 0 Å². The van der Waals surface area contributed by atoms with Crippen molar-refractivity contribution in [1.82, 2.24) is 0 Å². The quantitative estimate of drug-likeness (QED) is 0.714. The summed E-state index contributed by atoms with van der Waals surface area (Å²) in [7, 11) is 0. The van der Waals surface area contributed by atoms with Crippen molar-refractivity contribution in [2.75, 3.05) is 0 Å². The molecular formula is C16H31N. The van der Waals surface area contributed by atoms with Gasteiger partial charge in [0, 0.05) is 6.04 Å². The summed E-state index contributed by atoms with van der Waals surface area (Å²) in [5.74, 6) is 0.838. The Balaban J connectivity index is 1.94. The van der Waals surface area contributed by atoms with Gasteiger partial charge in [0.2, 0.25) is 0 Å². The molecule has 0 aliphatic heterocycles. The summed E-state index contributed by atoms with van der Waals surface area (Å²) < 4.78 is 0. The van der Waals surface area contributed by atoms with Crippen LogP contribution in [0.15, 0.2) is 0 Å². The molecule has 2 saturated carbocycles. The fraction of sp³-hybridized carbons (Fsp3) is 1.00. The van der Waals surface area contributed by atoms with Gasteiger partial charge >= 0.3 is 0 Å². The van der Waals surface area contributed by atoms with Gasteiger partial charge in [0.25, 0.3) is 0 Å². The Morgan fingerprint density at radius 1 is 0.824 bits per heavy atom. The maximum Gasteiger partial charge on any atom is 0.00763 e. The van der Waals surface area contributed by atoms with Crippen molar-refractivity contribution in [3.8, 4) is 0 Å². The highest BCUT2D eigenvalue weighted by molar-refractivity contribution is 5.01. The zero-order chi connectivity index (χ0) is 12.5. The summed E-state index contributed by atoms with van der Waals surface area (Å²) in [6.07, 6.45) is 12.7. The minimum absolute atomic E-state index is 0.524. The van der Waals surface area contributed by atoms with E-state index in [2.05, 4.69) is 20.8 Å². The lowest BCUT2D eigenvalue weighted by Gasteiger charge is -2.34. The molecule has 0 aromatic rings.